The van der Waals surface area contributed by atoms with Gasteiger partial charge in [0, 0.05) is 36.1 Å². The number of fused-ring (bicyclic) bond motifs is 2. The van der Waals surface area contributed by atoms with Crippen LogP contribution in [0.25, 0.3) is 10.9 Å². The molecule has 2 aromatic carbocycles. The first-order chi connectivity index (χ1) is 19.5. The third-order valence-corrected chi connectivity index (χ3v) is 7.39. The molecule has 11 heteroatoms. The number of carbonyl (C=O) groups is 4. The second kappa shape index (κ2) is 11.1. The average molecular weight is 562 g/mol. The molecule has 5 amide bonds. The fourth-order valence-corrected chi connectivity index (χ4v) is 5.54. The zero-order valence-electron chi connectivity index (χ0n) is 23.3. The molecule has 0 radical (unpaired) electrons. The van der Waals surface area contributed by atoms with E-state index in [1.165, 1.54) is 24.3 Å². The van der Waals surface area contributed by atoms with E-state index in [0.717, 1.165) is 21.4 Å². The molecule has 0 saturated carbocycles. The van der Waals surface area contributed by atoms with Crippen molar-refractivity contribution >= 4 is 40.5 Å². The summed E-state index contributed by atoms with van der Waals surface area (Å²) in [6, 6.07) is 11.2. The Morgan fingerprint density at radius 3 is 2.59 bits per heavy atom. The van der Waals surface area contributed by atoms with Crippen LogP contribution in [0.15, 0.2) is 54.7 Å². The number of hydrogen-bond donors (Lipinski definition) is 4. The summed E-state index contributed by atoms with van der Waals surface area (Å²) in [4.78, 5) is 58.9. The number of para-hydroxylation sites is 1. The van der Waals surface area contributed by atoms with Gasteiger partial charge in [0.2, 0.25) is 11.8 Å². The Morgan fingerprint density at radius 2 is 1.85 bits per heavy atom. The fraction of sp³-hybridized carbons (Fsp3) is 0.400. The van der Waals surface area contributed by atoms with Crippen molar-refractivity contribution in [2.24, 2.45) is 0 Å². The van der Waals surface area contributed by atoms with Gasteiger partial charge in [0.05, 0.1) is 18.2 Å². The summed E-state index contributed by atoms with van der Waals surface area (Å²) in [7, 11) is 0. The summed E-state index contributed by atoms with van der Waals surface area (Å²) in [6.45, 7) is 5.69. The van der Waals surface area contributed by atoms with Crippen molar-refractivity contribution in [3.63, 3.8) is 0 Å². The number of aromatic hydroxyl groups is 1. The van der Waals surface area contributed by atoms with Crippen LogP contribution < -0.4 is 15.5 Å². The number of nitrogens with zero attached hydrogens (tertiary/aromatic N) is 2. The summed E-state index contributed by atoms with van der Waals surface area (Å²) < 4.78 is 5.43. The number of alkyl carbamates (subject to hydrolysis) is 1. The highest BCUT2D eigenvalue weighted by Gasteiger charge is 2.45. The van der Waals surface area contributed by atoms with Gasteiger partial charge in [-0.2, -0.15) is 0 Å². The lowest BCUT2D eigenvalue weighted by molar-refractivity contribution is -0.126. The molecule has 0 aliphatic carbocycles. The molecule has 3 heterocycles. The number of urea groups is 1. The Bertz CT molecular complexity index is 1460. The second-order valence-electron chi connectivity index (χ2n) is 11.5. The van der Waals surface area contributed by atoms with Crippen LogP contribution in [0, 0.1) is 0 Å². The van der Waals surface area contributed by atoms with Gasteiger partial charge in [0.1, 0.15) is 17.4 Å². The number of anilines is 1. The molecule has 0 unspecified atom stereocenters. The molecule has 5 rings (SSSR count). The first-order valence-corrected chi connectivity index (χ1v) is 13.8. The van der Waals surface area contributed by atoms with Gasteiger partial charge in [0.15, 0.2) is 0 Å². The topological polar surface area (TPSA) is 144 Å². The van der Waals surface area contributed by atoms with Crippen LogP contribution in [0.5, 0.6) is 5.75 Å². The normalized spacial score (nSPS) is 20.0. The van der Waals surface area contributed by atoms with Gasteiger partial charge in [0.25, 0.3) is 0 Å². The standard InChI is InChI=1S/C30H35N5O6/c1-30(2,3)41-28(39)33-24(15-18-17-31-22-8-5-4-7-21(18)22)27(38)32-23-9-6-14-34-25(23)16-26(37)35(29(34)40)19-10-12-20(36)13-11-19/h4-5,7-8,10-13,17,23-25,31,36H,6,9,14-16H2,1-3H3,(H,32,38)(H,33,39)/t23-,24+,25+/m1/s1. The van der Waals surface area contributed by atoms with E-state index in [0.29, 0.717) is 25.1 Å². The smallest absolute Gasteiger partial charge is 0.408 e. The number of imide groups is 1. The Labute approximate surface area is 237 Å². The molecule has 41 heavy (non-hydrogen) atoms. The van der Waals surface area contributed by atoms with Crippen molar-refractivity contribution in [2.75, 3.05) is 11.4 Å². The largest absolute Gasteiger partial charge is 0.508 e. The molecular formula is C30H35N5O6. The minimum atomic E-state index is -0.956. The maximum absolute atomic E-state index is 13.7. The number of piperidine rings is 1. The fourth-order valence-electron chi connectivity index (χ4n) is 5.54. The molecule has 4 N–H and O–H groups in total. The molecule has 0 bridgehead atoms. The zero-order chi connectivity index (χ0) is 29.3. The van der Waals surface area contributed by atoms with Crippen LogP contribution in [0.2, 0.25) is 0 Å². The summed E-state index contributed by atoms with van der Waals surface area (Å²) >= 11 is 0. The lowest BCUT2D eigenvalue weighted by Crippen LogP contribution is -2.66. The van der Waals surface area contributed by atoms with E-state index in [4.69, 9.17) is 4.74 Å². The van der Waals surface area contributed by atoms with Gasteiger partial charge in [-0.3, -0.25) is 9.59 Å². The molecule has 3 atom stereocenters. The minimum Gasteiger partial charge on any atom is -0.508 e. The van der Waals surface area contributed by atoms with E-state index < -0.39 is 41.8 Å². The van der Waals surface area contributed by atoms with Crippen LogP contribution >= 0.6 is 0 Å². The van der Waals surface area contributed by atoms with Gasteiger partial charge in [-0.25, -0.2) is 14.5 Å². The van der Waals surface area contributed by atoms with E-state index in [1.807, 2.05) is 30.5 Å². The molecule has 2 aliphatic rings. The molecule has 1 aromatic heterocycles. The first kappa shape index (κ1) is 28.0. The van der Waals surface area contributed by atoms with Gasteiger partial charge >= 0.3 is 12.1 Å². The monoisotopic (exact) mass is 561 g/mol. The molecule has 216 valence electrons. The van der Waals surface area contributed by atoms with Crippen LogP contribution in [0.3, 0.4) is 0 Å². The Morgan fingerprint density at radius 1 is 1.12 bits per heavy atom. The maximum atomic E-state index is 13.7. The highest BCUT2D eigenvalue weighted by molar-refractivity contribution is 6.16. The van der Waals surface area contributed by atoms with Crippen LogP contribution in [0.1, 0.15) is 45.6 Å². The van der Waals surface area contributed by atoms with E-state index in [2.05, 4.69) is 15.6 Å². The predicted octanol–water partition coefficient (Wildman–Crippen LogP) is 3.82. The quantitative estimate of drug-likeness (QED) is 0.360. The number of phenols is 1. The minimum absolute atomic E-state index is 0.0319. The van der Waals surface area contributed by atoms with Gasteiger partial charge in [-0.15, -0.1) is 0 Å². The summed E-state index contributed by atoms with van der Waals surface area (Å²) in [5.41, 5.74) is 1.40. The van der Waals surface area contributed by atoms with Gasteiger partial charge in [-0.05, 0) is 69.5 Å². The molecule has 2 saturated heterocycles. The lowest BCUT2D eigenvalue weighted by atomic mass is 9.91. The number of hydrogen-bond acceptors (Lipinski definition) is 6. The molecule has 3 aromatic rings. The molecule has 11 nitrogen and oxygen atoms in total. The average Bonchev–Trinajstić information content (AvgIpc) is 3.31. The number of benzene rings is 2. The predicted molar refractivity (Wildman–Crippen MR) is 152 cm³/mol. The number of aromatic nitrogens is 1. The number of ether oxygens (including phenoxy) is 1. The highest BCUT2D eigenvalue weighted by Crippen LogP contribution is 2.31. The first-order valence-electron chi connectivity index (χ1n) is 13.8. The number of H-pyrrole nitrogens is 1. The molecular weight excluding hydrogens is 526 g/mol. The Kier molecular flexibility index (Phi) is 7.61. The van der Waals surface area contributed by atoms with Crippen molar-refractivity contribution in [1.29, 1.82) is 0 Å². The number of rotatable bonds is 6. The molecule has 2 aliphatic heterocycles. The van der Waals surface area contributed by atoms with Crippen molar-refractivity contribution in [3.05, 3.63) is 60.3 Å². The van der Waals surface area contributed by atoms with Gasteiger partial charge < -0.3 is 30.4 Å². The van der Waals surface area contributed by atoms with Gasteiger partial charge in [-0.1, -0.05) is 18.2 Å². The third kappa shape index (κ3) is 6.13. The molecule has 0 spiro atoms. The maximum Gasteiger partial charge on any atom is 0.408 e. The van der Waals surface area contributed by atoms with E-state index in [1.54, 1.807) is 25.7 Å². The zero-order valence-corrected chi connectivity index (χ0v) is 23.3. The lowest BCUT2D eigenvalue weighted by Gasteiger charge is -2.46. The third-order valence-electron chi connectivity index (χ3n) is 7.39. The number of aromatic amines is 1. The van der Waals surface area contributed by atoms with E-state index in [9.17, 15) is 24.3 Å². The second-order valence-corrected chi connectivity index (χ2v) is 11.5. The molecule has 2 fully saturated rings. The Balaban J connectivity index is 1.34. The number of nitrogens with one attached hydrogen (secondary N) is 3. The van der Waals surface area contributed by atoms with Crippen molar-refractivity contribution < 1.29 is 29.0 Å². The summed E-state index contributed by atoms with van der Waals surface area (Å²) in [6.07, 6.45) is 2.57. The van der Waals surface area contributed by atoms with E-state index in [-0.39, 0.29) is 24.5 Å². The summed E-state index contributed by atoms with van der Waals surface area (Å²) in [5.74, 6) is -0.773. The van der Waals surface area contributed by atoms with Crippen molar-refractivity contribution in [2.45, 2.75) is 70.2 Å². The summed E-state index contributed by atoms with van der Waals surface area (Å²) in [5, 5.41) is 16.3. The van der Waals surface area contributed by atoms with E-state index >= 15 is 0 Å². The number of phenolic OH excluding ortho intramolecular Hbond substituents is 1. The Hall–Kier alpha value is -4.54. The number of amides is 5. The van der Waals surface area contributed by atoms with Crippen LogP contribution in [-0.4, -0.2) is 69.2 Å². The van der Waals surface area contributed by atoms with Crippen molar-refractivity contribution in [1.82, 2.24) is 20.5 Å². The van der Waals surface area contributed by atoms with Crippen molar-refractivity contribution in [3.8, 4) is 5.75 Å². The number of carbonyl (C=O) groups excluding carboxylic acids is 4. The highest BCUT2D eigenvalue weighted by atomic mass is 16.6. The van der Waals surface area contributed by atoms with Crippen LogP contribution in [0.4, 0.5) is 15.3 Å². The van der Waals surface area contributed by atoms with Crippen LogP contribution in [-0.2, 0) is 20.7 Å². The SMILES string of the molecule is CC(C)(C)OC(=O)N[C@@H](Cc1c[nH]c2ccccc12)C(=O)N[C@@H]1CCCN2C(=O)N(c3ccc(O)cc3)C(=O)C[C@@H]12.